The van der Waals surface area contributed by atoms with Crippen LogP contribution in [-0.4, -0.2) is 68.6 Å². The lowest BCUT2D eigenvalue weighted by Crippen LogP contribution is -2.40. The highest BCUT2D eigenvalue weighted by atomic mass is 127. The highest BCUT2D eigenvalue weighted by Crippen LogP contribution is 2.19. The zero-order valence-electron chi connectivity index (χ0n) is 18.2. The van der Waals surface area contributed by atoms with Gasteiger partial charge in [0.2, 0.25) is 5.91 Å². The average Bonchev–Trinajstić information content (AvgIpc) is 3.18. The lowest BCUT2D eigenvalue weighted by atomic mass is 9.97. The first-order valence-electron chi connectivity index (χ1n) is 10.6. The molecule has 0 saturated carbocycles. The largest absolute Gasteiger partial charge is 0.384 e. The van der Waals surface area contributed by atoms with Gasteiger partial charge in [-0.15, -0.1) is 24.0 Å². The van der Waals surface area contributed by atoms with Crippen LogP contribution in [-0.2, 0) is 22.6 Å². The van der Waals surface area contributed by atoms with Crippen LogP contribution >= 0.6 is 24.0 Å². The summed E-state index contributed by atoms with van der Waals surface area (Å²) in [5.74, 6) is 1.35. The quantitative estimate of drug-likeness (QED) is 0.321. The lowest BCUT2D eigenvalue weighted by molar-refractivity contribution is -0.123. The molecule has 2 aliphatic rings. The van der Waals surface area contributed by atoms with Crippen LogP contribution in [0.3, 0.4) is 0 Å². The SMILES string of the molecule is CN=C(NCc1cccc(CN2CCCC(C(N)=O)C2)c1)N1CCC(COC)C1.I. The first kappa shape index (κ1) is 24.9. The predicted octanol–water partition coefficient (Wildman–Crippen LogP) is 2.05. The minimum absolute atomic E-state index is 0. The predicted molar refractivity (Wildman–Crippen MR) is 131 cm³/mol. The Bertz CT molecular complexity index is 715. The number of methoxy groups -OCH3 is 1. The van der Waals surface area contributed by atoms with E-state index in [4.69, 9.17) is 10.5 Å². The number of nitrogens with two attached hydrogens (primary N) is 1. The van der Waals surface area contributed by atoms with E-state index in [-0.39, 0.29) is 35.8 Å². The highest BCUT2D eigenvalue weighted by molar-refractivity contribution is 14.0. The molecular weight excluding hydrogens is 493 g/mol. The minimum Gasteiger partial charge on any atom is -0.384 e. The summed E-state index contributed by atoms with van der Waals surface area (Å²) in [6.45, 7) is 6.21. The molecule has 1 aromatic rings. The summed E-state index contributed by atoms with van der Waals surface area (Å²) in [7, 11) is 3.61. The third-order valence-corrected chi connectivity index (χ3v) is 5.96. The van der Waals surface area contributed by atoms with E-state index < -0.39 is 0 Å². The number of hydrogen-bond acceptors (Lipinski definition) is 4. The molecule has 0 radical (unpaired) electrons. The van der Waals surface area contributed by atoms with Crippen LogP contribution in [0.1, 0.15) is 30.4 Å². The van der Waals surface area contributed by atoms with Crippen molar-refractivity contribution >= 4 is 35.8 Å². The smallest absolute Gasteiger partial charge is 0.221 e. The molecular formula is C22H36IN5O2. The van der Waals surface area contributed by atoms with Gasteiger partial charge in [0.15, 0.2) is 5.96 Å². The zero-order valence-corrected chi connectivity index (χ0v) is 20.5. The third-order valence-electron chi connectivity index (χ3n) is 5.96. The van der Waals surface area contributed by atoms with Crippen LogP contribution < -0.4 is 11.1 Å². The Morgan fingerprint density at radius 3 is 2.80 bits per heavy atom. The summed E-state index contributed by atoms with van der Waals surface area (Å²) in [4.78, 5) is 20.6. The van der Waals surface area contributed by atoms with Crippen LogP contribution in [0.5, 0.6) is 0 Å². The van der Waals surface area contributed by atoms with Crippen LogP contribution in [0.25, 0.3) is 0 Å². The summed E-state index contributed by atoms with van der Waals surface area (Å²) >= 11 is 0. The number of nitrogens with zero attached hydrogens (tertiary/aromatic N) is 3. The van der Waals surface area contributed by atoms with E-state index in [1.54, 1.807) is 7.11 Å². The Labute approximate surface area is 197 Å². The van der Waals surface area contributed by atoms with Crippen molar-refractivity contribution in [2.24, 2.45) is 22.6 Å². The van der Waals surface area contributed by atoms with Gasteiger partial charge < -0.3 is 20.7 Å². The van der Waals surface area contributed by atoms with Crippen molar-refractivity contribution < 1.29 is 9.53 Å². The van der Waals surface area contributed by atoms with E-state index in [0.717, 1.165) is 71.1 Å². The van der Waals surface area contributed by atoms with Gasteiger partial charge in [0.1, 0.15) is 0 Å². The maximum atomic E-state index is 11.5. The number of aliphatic imine (C=N–C) groups is 1. The van der Waals surface area contributed by atoms with Crippen LogP contribution in [0.2, 0.25) is 0 Å². The molecule has 30 heavy (non-hydrogen) atoms. The number of carbonyl (C=O) groups excluding carboxylic acids is 1. The topological polar surface area (TPSA) is 83.2 Å². The second-order valence-electron chi connectivity index (χ2n) is 8.25. The number of benzene rings is 1. The highest BCUT2D eigenvalue weighted by Gasteiger charge is 2.25. The second kappa shape index (κ2) is 12.5. The van der Waals surface area contributed by atoms with Crippen molar-refractivity contribution in [1.82, 2.24) is 15.1 Å². The molecule has 0 bridgehead atoms. The molecule has 3 rings (SSSR count). The molecule has 3 N–H and O–H groups in total. The Hall–Kier alpha value is -1.39. The number of carbonyl (C=O) groups is 1. The Kier molecular flexibility index (Phi) is 10.3. The molecule has 2 saturated heterocycles. The molecule has 2 unspecified atom stereocenters. The molecule has 1 amide bonds. The van der Waals surface area contributed by atoms with Gasteiger partial charge in [0.05, 0.1) is 12.5 Å². The van der Waals surface area contributed by atoms with E-state index >= 15 is 0 Å². The molecule has 0 aliphatic carbocycles. The van der Waals surface area contributed by atoms with Crippen molar-refractivity contribution in [2.45, 2.75) is 32.4 Å². The number of nitrogens with one attached hydrogen (secondary N) is 1. The lowest BCUT2D eigenvalue weighted by Gasteiger charge is -2.31. The number of piperidine rings is 1. The molecule has 168 valence electrons. The number of guanidine groups is 1. The second-order valence-corrected chi connectivity index (χ2v) is 8.25. The van der Waals surface area contributed by atoms with E-state index in [1.165, 1.54) is 11.1 Å². The molecule has 2 atom stereocenters. The van der Waals surface area contributed by atoms with Crippen molar-refractivity contribution in [3.8, 4) is 0 Å². The Morgan fingerprint density at radius 2 is 2.07 bits per heavy atom. The van der Waals surface area contributed by atoms with Crippen molar-refractivity contribution in [2.75, 3.05) is 46.9 Å². The molecule has 1 aromatic carbocycles. The third kappa shape index (κ3) is 7.09. The molecule has 7 nitrogen and oxygen atoms in total. The maximum absolute atomic E-state index is 11.5. The number of likely N-dealkylation sites (tertiary alicyclic amines) is 2. The average molecular weight is 529 g/mol. The molecule has 2 aliphatic heterocycles. The van der Waals surface area contributed by atoms with Gasteiger partial charge in [-0.05, 0) is 36.9 Å². The fraction of sp³-hybridized carbons (Fsp3) is 0.636. The Morgan fingerprint density at radius 1 is 1.27 bits per heavy atom. The maximum Gasteiger partial charge on any atom is 0.221 e. The van der Waals surface area contributed by atoms with Gasteiger partial charge in [0, 0.05) is 52.8 Å². The number of primary amides is 1. The van der Waals surface area contributed by atoms with Gasteiger partial charge in [-0.1, -0.05) is 24.3 Å². The van der Waals surface area contributed by atoms with E-state index in [0.29, 0.717) is 5.92 Å². The van der Waals surface area contributed by atoms with Gasteiger partial charge in [-0.2, -0.15) is 0 Å². The number of halogens is 1. The number of amides is 1. The van der Waals surface area contributed by atoms with Gasteiger partial charge in [-0.25, -0.2) is 0 Å². The number of rotatable bonds is 7. The first-order chi connectivity index (χ1) is 14.1. The van der Waals surface area contributed by atoms with Crippen LogP contribution in [0.4, 0.5) is 0 Å². The zero-order chi connectivity index (χ0) is 20.6. The van der Waals surface area contributed by atoms with Crippen LogP contribution in [0, 0.1) is 11.8 Å². The number of ether oxygens (including phenoxy) is 1. The summed E-state index contributed by atoms with van der Waals surface area (Å²) in [6, 6.07) is 8.65. The van der Waals surface area contributed by atoms with Crippen molar-refractivity contribution in [3.05, 3.63) is 35.4 Å². The van der Waals surface area contributed by atoms with Crippen molar-refractivity contribution in [3.63, 3.8) is 0 Å². The number of hydrogen-bond donors (Lipinski definition) is 2. The van der Waals surface area contributed by atoms with Gasteiger partial charge >= 0.3 is 0 Å². The van der Waals surface area contributed by atoms with E-state index in [9.17, 15) is 4.79 Å². The van der Waals surface area contributed by atoms with E-state index in [1.807, 2.05) is 7.05 Å². The monoisotopic (exact) mass is 529 g/mol. The van der Waals surface area contributed by atoms with Crippen LogP contribution in [0.15, 0.2) is 29.3 Å². The molecule has 0 aromatic heterocycles. The van der Waals surface area contributed by atoms with Gasteiger partial charge in [-0.3, -0.25) is 14.7 Å². The summed E-state index contributed by atoms with van der Waals surface area (Å²) < 4.78 is 5.30. The summed E-state index contributed by atoms with van der Waals surface area (Å²) in [5.41, 5.74) is 8.01. The summed E-state index contributed by atoms with van der Waals surface area (Å²) in [6.07, 6.45) is 3.09. The fourth-order valence-corrected chi connectivity index (χ4v) is 4.44. The minimum atomic E-state index is -0.173. The van der Waals surface area contributed by atoms with Gasteiger partial charge in [0.25, 0.3) is 0 Å². The fourth-order valence-electron chi connectivity index (χ4n) is 4.44. The molecule has 8 heteroatoms. The van der Waals surface area contributed by atoms with E-state index in [2.05, 4.69) is 44.4 Å². The Balaban J connectivity index is 0.00000320. The standard InChI is InChI=1S/C22H35N5O2.HI/c1-24-22(27-10-8-19(14-27)16-29-2)25-12-17-5-3-6-18(11-17)13-26-9-4-7-20(15-26)21(23)28;/h3,5-6,11,19-20H,4,7-10,12-16H2,1-2H3,(H2,23,28)(H,24,25);1H. The molecule has 0 spiro atoms. The molecule has 2 fully saturated rings. The van der Waals surface area contributed by atoms with Crippen molar-refractivity contribution in [1.29, 1.82) is 0 Å². The summed E-state index contributed by atoms with van der Waals surface area (Å²) in [5, 5.41) is 3.50. The molecule has 2 heterocycles. The first-order valence-corrected chi connectivity index (χ1v) is 10.6. The normalized spacial score (nSPS) is 22.6.